The standard InChI is InChI=1S/C7H8O2/c1-8-4-2-7-3-5-9-6-7/h2-6H,1H3. The van der Waals surface area contributed by atoms with Gasteiger partial charge in [-0.15, -0.1) is 0 Å². The summed E-state index contributed by atoms with van der Waals surface area (Å²) in [6.07, 6.45) is 6.69. The molecule has 0 fully saturated rings. The molecule has 1 rings (SSSR count). The molecule has 48 valence electrons. The molecule has 2 heteroatoms. The Hall–Kier alpha value is -1.18. The minimum atomic E-state index is 1.01. The first-order valence-corrected chi connectivity index (χ1v) is 2.65. The van der Waals surface area contributed by atoms with Crippen molar-refractivity contribution in [2.75, 3.05) is 7.11 Å². The predicted molar refractivity (Wildman–Crippen MR) is 34.8 cm³/mol. The number of hydrogen-bond donors (Lipinski definition) is 0. The van der Waals surface area contributed by atoms with Crippen molar-refractivity contribution in [3.63, 3.8) is 0 Å². The van der Waals surface area contributed by atoms with Crippen molar-refractivity contribution >= 4 is 6.08 Å². The van der Waals surface area contributed by atoms with E-state index in [1.807, 2.05) is 12.1 Å². The summed E-state index contributed by atoms with van der Waals surface area (Å²) in [5.74, 6) is 0. The molecule has 2 nitrogen and oxygen atoms in total. The van der Waals surface area contributed by atoms with Crippen molar-refractivity contribution in [1.29, 1.82) is 0 Å². The number of methoxy groups -OCH3 is 1. The van der Waals surface area contributed by atoms with Crippen molar-refractivity contribution in [1.82, 2.24) is 0 Å². The van der Waals surface area contributed by atoms with E-state index in [0.29, 0.717) is 0 Å². The summed E-state index contributed by atoms with van der Waals surface area (Å²) in [6, 6.07) is 1.86. The Morgan fingerprint density at radius 3 is 3.11 bits per heavy atom. The number of furan rings is 1. The summed E-state index contributed by atoms with van der Waals surface area (Å²) in [5.41, 5.74) is 1.01. The van der Waals surface area contributed by atoms with E-state index < -0.39 is 0 Å². The highest BCUT2D eigenvalue weighted by Gasteiger charge is 1.83. The van der Waals surface area contributed by atoms with Gasteiger partial charge in [0.2, 0.25) is 0 Å². The third-order valence-corrected chi connectivity index (χ3v) is 0.940. The molecule has 1 heterocycles. The fraction of sp³-hybridized carbons (Fsp3) is 0.143. The van der Waals surface area contributed by atoms with Crippen LogP contribution in [-0.2, 0) is 4.74 Å². The maximum atomic E-state index is 4.80. The monoisotopic (exact) mass is 124 g/mol. The van der Waals surface area contributed by atoms with Gasteiger partial charge >= 0.3 is 0 Å². The van der Waals surface area contributed by atoms with Crippen molar-refractivity contribution in [2.24, 2.45) is 0 Å². The van der Waals surface area contributed by atoms with Gasteiger partial charge in [-0.2, -0.15) is 0 Å². The normalized spacial score (nSPS) is 10.3. The summed E-state index contributed by atoms with van der Waals surface area (Å²) in [5, 5.41) is 0. The van der Waals surface area contributed by atoms with Gasteiger partial charge in [-0.25, -0.2) is 0 Å². The quantitative estimate of drug-likeness (QED) is 0.562. The molecule has 0 bridgehead atoms. The lowest BCUT2D eigenvalue weighted by Gasteiger charge is -1.82. The fourth-order valence-electron chi connectivity index (χ4n) is 0.516. The van der Waals surface area contributed by atoms with Gasteiger partial charge in [-0.05, 0) is 12.1 Å². The molecule has 0 spiro atoms. The van der Waals surface area contributed by atoms with Crippen LogP contribution in [0.25, 0.3) is 6.08 Å². The molecule has 0 atom stereocenters. The van der Waals surface area contributed by atoms with Gasteiger partial charge in [0.25, 0.3) is 0 Å². The van der Waals surface area contributed by atoms with E-state index in [2.05, 4.69) is 0 Å². The highest BCUT2D eigenvalue weighted by atomic mass is 16.5. The Labute approximate surface area is 53.7 Å². The van der Waals surface area contributed by atoms with E-state index in [9.17, 15) is 0 Å². The van der Waals surface area contributed by atoms with Gasteiger partial charge in [-0.3, -0.25) is 0 Å². The summed E-state index contributed by atoms with van der Waals surface area (Å²) in [6.45, 7) is 0. The van der Waals surface area contributed by atoms with Crippen LogP contribution in [0.1, 0.15) is 5.56 Å². The zero-order valence-electron chi connectivity index (χ0n) is 5.20. The average molecular weight is 124 g/mol. The van der Waals surface area contributed by atoms with Crippen molar-refractivity contribution in [3.8, 4) is 0 Å². The smallest absolute Gasteiger partial charge is 0.0976 e. The van der Waals surface area contributed by atoms with Gasteiger partial charge < -0.3 is 9.15 Å². The summed E-state index contributed by atoms with van der Waals surface area (Å²) in [7, 11) is 1.61. The van der Waals surface area contributed by atoms with E-state index in [-0.39, 0.29) is 0 Å². The lowest BCUT2D eigenvalue weighted by Crippen LogP contribution is -1.63. The van der Waals surface area contributed by atoms with Crippen LogP contribution in [0.5, 0.6) is 0 Å². The van der Waals surface area contributed by atoms with Crippen LogP contribution in [0.2, 0.25) is 0 Å². The molecule has 0 unspecified atom stereocenters. The molecular formula is C7H8O2. The second-order valence-electron chi connectivity index (χ2n) is 1.60. The maximum absolute atomic E-state index is 4.80. The van der Waals surface area contributed by atoms with Gasteiger partial charge in [0.1, 0.15) is 0 Å². The van der Waals surface area contributed by atoms with Gasteiger partial charge in [0.15, 0.2) is 0 Å². The Morgan fingerprint density at radius 1 is 1.67 bits per heavy atom. The maximum Gasteiger partial charge on any atom is 0.0976 e. The van der Waals surface area contributed by atoms with Crippen molar-refractivity contribution in [2.45, 2.75) is 0 Å². The minimum Gasteiger partial charge on any atom is -0.504 e. The van der Waals surface area contributed by atoms with Crippen LogP contribution in [0.15, 0.2) is 29.3 Å². The molecule has 0 aromatic carbocycles. The second-order valence-corrected chi connectivity index (χ2v) is 1.60. The molecular weight excluding hydrogens is 116 g/mol. The third kappa shape index (κ3) is 1.64. The average Bonchev–Trinajstić information content (AvgIpc) is 2.34. The minimum absolute atomic E-state index is 1.01. The first-order chi connectivity index (χ1) is 4.43. The topological polar surface area (TPSA) is 22.4 Å². The van der Waals surface area contributed by atoms with E-state index in [1.165, 1.54) is 0 Å². The summed E-state index contributed by atoms with van der Waals surface area (Å²) >= 11 is 0. The number of ether oxygens (including phenoxy) is 1. The van der Waals surface area contributed by atoms with Crippen molar-refractivity contribution in [3.05, 3.63) is 30.4 Å². The number of hydrogen-bond acceptors (Lipinski definition) is 2. The largest absolute Gasteiger partial charge is 0.504 e. The molecule has 0 aliphatic carbocycles. The van der Waals surface area contributed by atoms with Gasteiger partial charge in [0.05, 0.1) is 25.9 Å². The highest BCUT2D eigenvalue weighted by Crippen LogP contribution is 2.01. The van der Waals surface area contributed by atoms with Crippen LogP contribution in [-0.4, -0.2) is 7.11 Å². The Balaban J connectivity index is 2.57. The Morgan fingerprint density at radius 2 is 2.56 bits per heavy atom. The summed E-state index contributed by atoms with van der Waals surface area (Å²) in [4.78, 5) is 0. The lowest BCUT2D eigenvalue weighted by molar-refractivity contribution is 0.341. The second kappa shape index (κ2) is 2.97. The molecule has 1 aromatic heterocycles. The van der Waals surface area contributed by atoms with Crippen LogP contribution >= 0.6 is 0 Å². The van der Waals surface area contributed by atoms with Crippen molar-refractivity contribution < 1.29 is 9.15 Å². The highest BCUT2D eigenvalue weighted by molar-refractivity contribution is 5.45. The van der Waals surface area contributed by atoms with Crippen LogP contribution < -0.4 is 0 Å². The van der Waals surface area contributed by atoms with E-state index in [4.69, 9.17) is 9.15 Å². The molecule has 0 saturated carbocycles. The lowest BCUT2D eigenvalue weighted by atomic mass is 10.3. The van der Waals surface area contributed by atoms with Crippen LogP contribution in [0, 0.1) is 0 Å². The molecule has 9 heavy (non-hydrogen) atoms. The van der Waals surface area contributed by atoms with Crippen LogP contribution in [0.4, 0.5) is 0 Å². The summed E-state index contributed by atoms with van der Waals surface area (Å²) < 4.78 is 9.50. The third-order valence-electron chi connectivity index (χ3n) is 0.940. The van der Waals surface area contributed by atoms with E-state index in [1.54, 1.807) is 25.9 Å². The molecule has 0 N–H and O–H groups in total. The zero-order chi connectivity index (χ0) is 6.53. The fourth-order valence-corrected chi connectivity index (χ4v) is 0.516. The predicted octanol–water partition coefficient (Wildman–Crippen LogP) is 1.90. The van der Waals surface area contributed by atoms with Crippen LogP contribution in [0.3, 0.4) is 0 Å². The number of rotatable bonds is 2. The Bertz CT molecular complexity index is 175. The first-order valence-electron chi connectivity index (χ1n) is 2.65. The molecule has 1 aromatic rings. The molecule has 0 aliphatic rings. The molecule has 0 saturated heterocycles. The SMILES string of the molecule is COC=Cc1ccoc1. The zero-order valence-corrected chi connectivity index (χ0v) is 5.20. The van der Waals surface area contributed by atoms with Gasteiger partial charge in [-0.1, -0.05) is 0 Å². The molecule has 0 aliphatic heterocycles. The van der Waals surface area contributed by atoms with Gasteiger partial charge in [0, 0.05) is 5.56 Å². The Kier molecular flexibility index (Phi) is 1.96. The molecule has 0 radical (unpaired) electrons. The van der Waals surface area contributed by atoms with E-state index >= 15 is 0 Å². The van der Waals surface area contributed by atoms with E-state index in [0.717, 1.165) is 5.56 Å². The molecule has 0 amide bonds. The first kappa shape index (κ1) is 5.95.